The number of carbonyl (C=O) groups is 1. The van der Waals surface area contributed by atoms with Crippen molar-refractivity contribution in [2.75, 3.05) is 20.1 Å². The van der Waals surface area contributed by atoms with Crippen LogP contribution >= 0.6 is 0 Å². The highest BCUT2D eigenvalue weighted by Crippen LogP contribution is 2.26. The third-order valence-corrected chi connectivity index (χ3v) is 3.01. The van der Waals surface area contributed by atoms with E-state index in [1.165, 1.54) is 0 Å². The molecule has 18 heavy (non-hydrogen) atoms. The maximum Gasteiger partial charge on any atom is 0.253 e. The fraction of sp³-hybridized carbons (Fsp3) is 0.533. The summed E-state index contributed by atoms with van der Waals surface area (Å²) in [5.41, 5.74) is 7.34. The molecule has 0 aromatic heterocycles. The van der Waals surface area contributed by atoms with Crippen LogP contribution in [0.3, 0.4) is 0 Å². The molecular formula is C15H24N2O. The smallest absolute Gasteiger partial charge is 0.253 e. The van der Waals surface area contributed by atoms with Gasteiger partial charge in [0, 0.05) is 19.2 Å². The van der Waals surface area contributed by atoms with Crippen LogP contribution in [0, 0.1) is 0 Å². The third kappa shape index (κ3) is 3.57. The van der Waals surface area contributed by atoms with Crippen molar-refractivity contribution in [3.05, 3.63) is 35.4 Å². The van der Waals surface area contributed by atoms with E-state index in [1.807, 2.05) is 31.3 Å². The van der Waals surface area contributed by atoms with Gasteiger partial charge < -0.3 is 10.6 Å². The van der Waals surface area contributed by atoms with E-state index in [4.69, 9.17) is 5.73 Å². The lowest BCUT2D eigenvalue weighted by molar-refractivity contribution is 0.0792. The van der Waals surface area contributed by atoms with Crippen LogP contribution in [-0.2, 0) is 5.41 Å². The van der Waals surface area contributed by atoms with Gasteiger partial charge >= 0.3 is 0 Å². The normalized spacial score (nSPS) is 11.4. The first-order valence-electron chi connectivity index (χ1n) is 6.43. The standard InChI is InChI=1S/C15H24N2O/c1-15(2,3)13-9-6-5-8-12(13)14(18)17(4)11-7-10-16/h5-6,8-9H,7,10-11,16H2,1-4H3. The first kappa shape index (κ1) is 14.7. The molecule has 2 N–H and O–H groups in total. The Morgan fingerprint density at radius 2 is 1.89 bits per heavy atom. The van der Waals surface area contributed by atoms with Crippen LogP contribution in [-0.4, -0.2) is 30.9 Å². The number of benzene rings is 1. The van der Waals surface area contributed by atoms with Crippen molar-refractivity contribution in [3.8, 4) is 0 Å². The summed E-state index contributed by atoms with van der Waals surface area (Å²) < 4.78 is 0. The zero-order valence-corrected chi connectivity index (χ0v) is 11.9. The second-order valence-electron chi connectivity index (χ2n) is 5.66. The average Bonchev–Trinajstić information content (AvgIpc) is 2.34. The predicted octanol–water partition coefficient (Wildman–Crippen LogP) is 2.40. The highest BCUT2D eigenvalue weighted by molar-refractivity contribution is 5.95. The minimum atomic E-state index is -0.0268. The predicted molar refractivity (Wildman–Crippen MR) is 75.8 cm³/mol. The monoisotopic (exact) mass is 248 g/mol. The van der Waals surface area contributed by atoms with Crippen LogP contribution in [0.5, 0.6) is 0 Å². The SMILES string of the molecule is CN(CCCN)C(=O)c1ccccc1C(C)(C)C. The van der Waals surface area contributed by atoms with Crippen molar-refractivity contribution < 1.29 is 4.79 Å². The van der Waals surface area contributed by atoms with E-state index in [0.29, 0.717) is 13.1 Å². The molecule has 1 aromatic carbocycles. The van der Waals surface area contributed by atoms with E-state index in [-0.39, 0.29) is 11.3 Å². The molecule has 0 atom stereocenters. The lowest BCUT2D eigenvalue weighted by Gasteiger charge is -2.25. The summed E-state index contributed by atoms with van der Waals surface area (Å²) in [6, 6.07) is 7.84. The fourth-order valence-corrected chi connectivity index (χ4v) is 1.96. The van der Waals surface area contributed by atoms with Gasteiger partial charge in [-0.05, 0) is 30.0 Å². The van der Waals surface area contributed by atoms with Gasteiger partial charge in [0.15, 0.2) is 0 Å². The first-order valence-corrected chi connectivity index (χ1v) is 6.43. The van der Waals surface area contributed by atoms with Gasteiger partial charge in [-0.1, -0.05) is 39.0 Å². The van der Waals surface area contributed by atoms with Crippen LogP contribution < -0.4 is 5.73 Å². The minimum absolute atomic E-state index is 0.0268. The van der Waals surface area contributed by atoms with E-state index in [1.54, 1.807) is 4.90 Å². The second kappa shape index (κ2) is 6.01. The summed E-state index contributed by atoms with van der Waals surface area (Å²) in [5, 5.41) is 0. The minimum Gasteiger partial charge on any atom is -0.342 e. The van der Waals surface area contributed by atoms with Crippen LogP contribution in [0.15, 0.2) is 24.3 Å². The summed E-state index contributed by atoms with van der Waals surface area (Å²) in [4.78, 5) is 14.2. The molecule has 3 nitrogen and oxygen atoms in total. The molecule has 1 amide bonds. The molecule has 0 bridgehead atoms. The number of hydrogen-bond acceptors (Lipinski definition) is 2. The average molecular weight is 248 g/mol. The van der Waals surface area contributed by atoms with Crippen molar-refractivity contribution in [1.29, 1.82) is 0 Å². The maximum absolute atomic E-state index is 12.4. The number of rotatable bonds is 4. The number of nitrogens with zero attached hydrogens (tertiary/aromatic N) is 1. The van der Waals surface area contributed by atoms with E-state index in [0.717, 1.165) is 17.5 Å². The largest absolute Gasteiger partial charge is 0.342 e. The van der Waals surface area contributed by atoms with Crippen LogP contribution in [0.25, 0.3) is 0 Å². The molecule has 0 heterocycles. The Labute approximate surface area is 110 Å². The van der Waals surface area contributed by atoms with E-state index >= 15 is 0 Å². The van der Waals surface area contributed by atoms with Crippen molar-refractivity contribution in [3.63, 3.8) is 0 Å². The van der Waals surface area contributed by atoms with Crippen molar-refractivity contribution in [1.82, 2.24) is 4.90 Å². The summed E-state index contributed by atoms with van der Waals surface area (Å²) >= 11 is 0. The third-order valence-electron chi connectivity index (χ3n) is 3.01. The van der Waals surface area contributed by atoms with E-state index < -0.39 is 0 Å². The van der Waals surface area contributed by atoms with E-state index in [2.05, 4.69) is 20.8 Å². The van der Waals surface area contributed by atoms with Crippen LogP contribution in [0.4, 0.5) is 0 Å². The van der Waals surface area contributed by atoms with Crippen molar-refractivity contribution in [2.45, 2.75) is 32.6 Å². The fourth-order valence-electron chi connectivity index (χ4n) is 1.96. The zero-order valence-electron chi connectivity index (χ0n) is 11.9. The van der Waals surface area contributed by atoms with Crippen molar-refractivity contribution >= 4 is 5.91 Å². The Balaban J connectivity index is 2.99. The van der Waals surface area contributed by atoms with Gasteiger partial charge in [0.05, 0.1) is 0 Å². The Morgan fingerprint density at radius 3 is 2.44 bits per heavy atom. The number of nitrogens with two attached hydrogens (primary N) is 1. The van der Waals surface area contributed by atoms with Gasteiger partial charge in [0.2, 0.25) is 0 Å². The molecule has 0 aliphatic heterocycles. The Morgan fingerprint density at radius 1 is 1.28 bits per heavy atom. The molecule has 0 saturated heterocycles. The maximum atomic E-state index is 12.4. The van der Waals surface area contributed by atoms with Gasteiger partial charge in [0.25, 0.3) is 5.91 Å². The van der Waals surface area contributed by atoms with Crippen molar-refractivity contribution in [2.24, 2.45) is 5.73 Å². The summed E-state index contributed by atoms with van der Waals surface area (Å²) in [7, 11) is 1.83. The summed E-state index contributed by atoms with van der Waals surface area (Å²) in [6.07, 6.45) is 0.833. The van der Waals surface area contributed by atoms with Gasteiger partial charge in [-0.2, -0.15) is 0 Å². The molecule has 1 aromatic rings. The molecule has 100 valence electrons. The molecule has 0 radical (unpaired) electrons. The number of amides is 1. The molecule has 3 heteroatoms. The second-order valence-corrected chi connectivity index (χ2v) is 5.66. The van der Waals surface area contributed by atoms with Gasteiger partial charge in [-0.25, -0.2) is 0 Å². The Hall–Kier alpha value is -1.35. The highest BCUT2D eigenvalue weighted by atomic mass is 16.2. The van der Waals surface area contributed by atoms with Gasteiger partial charge in [0.1, 0.15) is 0 Å². The van der Waals surface area contributed by atoms with E-state index in [9.17, 15) is 4.79 Å². The summed E-state index contributed by atoms with van der Waals surface area (Å²) in [5.74, 6) is 0.0778. The molecule has 0 aliphatic carbocycles. The first-order chi connectivity index (χ1) is 8.38. The molecule has 0 unspecified atom stereocenters. The lowest BCUT2D eigenvalue weighted by atomic mass is 9.83. The molecule has 0 saturated carbocycles. The highest BCUT2D eigenvalue weighted by Gasteiger charge is 2.22. The molecule has 0 fully saturated rings. The quantitative estimate of drug-likeness (QED) is 0.889. The molecule has 0 spiro atoms. The number of hydrogen-bond donors (Lipinski definition) is 1. The molecule has 0 aliphatic rings. The topological polar surface area (TPSA) is 46.3 Å². The number of carbonyl (C=O) groups excluding carboxylic acids is 1. The van der Waals surface area contributed by atoms with Crippen LogP contribution in [0.1, 0.15) is 43.1 Å². The molecule has 1 rings (SSSR count). The lowest BCUT2D eigenvalue weighted by Crippen LogP contribution is -2.31. The van der Waals surface area contributed by atoms with Gasteiger partial charge in [-0.3, -0.25) is 4.79 Å². The van der Waals surface area contributed by atoms with Crippen LogP contribution in [0.2, 0.25) is 0 Å². The Bertz CT molecular complexity index is 407. The van der Waals surface area contributed by atoms with Gasteiger partial charge in [-0.15, -0.1) is 0 Å². The molecular weight excluding hydrogens is 224 g/mol. The Kier molecular flexibility index (Phi) is 4.91. The zero-order chi connectivity index (χ0) is 13.8. The summed E-state index contributed by atoms with van der Waals surface area (Å²) in [6.45, 7) is 7.68.